The number of rotatable bonds is 4. The zero-order valence-electron chi connectivity index (χ0n) is 9.71. The molecule has 4 heteroatoms. The predicted molar refractivity (Wildman–Crippen MR) is 65.7 cm³/mol. The molecule has 0 radical (unpaired) electrons. The van der Waals surface area contributed by atoms with E-state index in [4.69, 9.17) is 10.5 Å². The Labute approximate surface area is 100 Å². The molecule has 0 aliphatic carbocycles. The van der Waals surface area contributed by atoms with E-state index in [-0.39, 0.29) is 6.04 Å². The highest BCUT2D eigenvalue weighted by atomic mass is 16.5. The highest BCUT2D eigenvalue weighted by Gasteiger charge is 2.13. The molecule has 2 aromatic rings. The topological polar surface area (TPSA) is 61.0 Å². The van der Waals surface area contributed by atoms with Crippen molar-refractivity contribution in [3.05, 3.63) is 53.9 Å². The van der Waals surface area contributed by atoms with Gasteiger partial charge in [0, 0.05) is 11.8 Å². The summed E-state index contributed by atoms with van der Waals surface area (Å²) in [6.45, 7) is 2.58. The largest absolute Gasteiger partial charge is 0.494 e. The van der Waals surface area contributed by atoms with Crippen LogP contribution in [-0.4, -0.2) is 16.8 Å². The van der Waals surface area contributed by atoms with Gasteiger partial charge in [0.2, 0.25) is 0 Å². The van der Waals surface area contributed by atoms with Crippen LogP contribution in [0.5, 0.6) is 5.75 Å². The maximum atomic E-state index is 6.20. The Morgan fingerprint density at radius 3 is 2.76 bits per heavy atom. The van der Waals surface area contributed by atoms with Gasteiger partial charge in [-0.1, -0.05) is 18.2 Å². The van der Waals surface area contributed by atoms with Crippen molar-refractivity contribution in [1.29, 1.82) is 0 Å². The Hall–Kier alpha value is -1.94. The van der Waals surface area contributed by atoms with Crippen molar-refractivity contribution in [2.45, 2.75) is 13.0 Å². The molecule has 1 aromatic carbocycles. The summed E-state index contributed by atoms with van der Waals surface area (Å²) in [5.41, 5.74) is 8.08. The molecule has 1 aromatic heterocycles. The minimum Gasteiger partial charge on any atom is -0.494 e. The third-order valence-corrected chi connectivity index (χ3v) is 2.52. The second-order valence-corrected chi connectivity index (χ2v) is 3.62. The van der Waals surface area contributed by atoms with Crippen LogP contribution < -0.4 is 10.5 Å². The van der Waals surface area contributed by atoms with E-state index >= 15 is 0 Å². The molecule has 2 N–H and O–H groups in total. The van der Waals surface area contributed by atoms with Gasteiger partial charge < -0.3 is 10.5 Å². The maximum absolute atomic E-state index is 6.20. The molecule has 88 valence electrons. The molecule has 0 saturated carbocycles. The minimum atomic E-state index is -0.242. The van der Waals surface area contributed by atoms with E-state index in [0.717, 1.165) is 16.9 Å². The van der Waals surface area contributed by atoms with Gasteiger partial charge in [-0.2, -0.15) is 10.2 Å². The Bertz CT molecular complexity index is 473. The lowest BCUT2D eigenvalue weighted by molar-refractivity contribution is 0.335. The molecule has 0 aliphatic rings. The van der Waals surface area contributed by atoms with Crippen LogP contribution >= 0.6 is 0 Å². The number of aromatic nitrogens is 2. The average Bonchev–Trinajstić information content (AvgIpc) is 2.40. The van der Waals surface area contributed by atoms with Crippen LogP contribution in [0.2, 0.25) is 0 Å². The Morgan fingerprint density at radius 2 is 2.06 bits per heavy atom. The lowest BCUT2D eigenvalue weighted by Crippen LogP contribution is -2.13. The van der Waals surface area contributed by atoms with Crippen LogP contribution in [0.1, 0.15) is 24.1 Å². The molecule has 17 heavy (non-hydrogen) atoms. The predicted octanol–water partition coefficient (Wildman–Crippen LogP) is 1.92. The quantitative estimate of drug-likeness (QED) is 0.870. The van der Waals surface area contributed by atoms with Crippen molar-refractivity contribution in [3.63, 3.8) is 0 Å². The smallest absolute Gasteiger partial charge is 0.124 e. The zero-order chi connectivity index (χ0) is 12.1. The van der Waals surface area contributed by atoms with Gasteiger partial charge in [-0.25, -0.2) is 0 Å². The van der Waals surface area contributed by atoms with Crippen molar-refractivity contribution in [2.24, 2.45) is 5.73 Å². The third kappa shape index (κ3) is 2.60. The Kier molecular flexibility index (Phi) is 3.67. The van der Waals surface area contributed by atoms with E-state index in [2.05, 4.69) is 10.2 Å². The highest BCUT2D eigenvalue weighted by molar-refractivity contribution is 5.40. The molecule has 0 amide bonds. The summed E-state index contributed by atoms with van der Waals surface area (Å²) in [5.74, 6) is 0.819. The van der Waals surface area contributed by atoms with Crippen LogP contribution in [0.4, 0.5) is 0 Å². The number of benzene rings is 1. The molecular weight excluding hydrogens is 214 g/mol. The summed E-state index contributed by atoms with van der Waals surface area (Å²) < 4.78 is 5.56. The van der Waals surface area contributed by atoms with Crippen LogP contribution in [-0.2, 0) is 0 Å². The van der Waals surface area contributed by atoms with Gasteiger partial charge in [0.05, 0.1) is 18.8 Å². The second-order valence-electron chi connectivity index (χ2n) is 3.62. The zero-order valence-corrected chi connectivity index (χ0v) is 9.71. The molecule has 0 bridgehead atoms. The number of nitrogens with two attached hydrogens (primary N) is 1. The Balaban J connectivity index is 2.33. The van der Waals surface area contributed by atoms with Crippen molar-refractivity contribution in [1.82, 2.24) is 10.2 Å². The summed E-state index contributed by atoms with van der Waals surface area (Å²) in [5, 5.41) is 7.58. The van der Waals surface area contributed by atoms with Gasteiger partial charge in [0.1, 0.15) is 5.75 Å². The van der Waals surface area contributed by atoms with E-state index in [1.807, 2.05) is 37.3 Å². The van der Waals surface area contributed by atoms with Gasteiger partial charge in [0.15, 0.2) is 0 Å². The summed E-state index contributed by atoms with van der Waals surface area (Å²) in [6, 6.07) is 9.40. The molecule has 0 spiro atoms. The van der Waals surface area contributed by atoms with Crippen molar-refractivity contribution in [3.8, 4) is 5.75 Å². The van der Waals surface area contributed by atoms with E-state index in [0.29, 0.717) is 6.61 Å². The van der Waals surface area contributed by atoms with E-state index < -0.39 is 0 Å². The SMILES string of the molecule is CCOc1ccccc1C(N)c1ccnnc1. The molecular formula is C13H15N3O. The number of nitrogens with zero attached hydrogens (tertiary/aromatic N) is 2. The van der Waals surface area contributed by atoms with Crippen molar-refractivity contribution in [2.75, 3.05) is 6.61 Å². The summed E-state index contributed by atoms with van der Waals surface area (Å²) in [6.07, 6.45) is 3.31. The first-order valence-electron chi connectivity index (χ1n) is 5.57. The monoisotopic (exact) mass is 229 g/mol. The standard InChI is InChI=1S/C13H15N3O/c1-2-17-12-6-4-3-5-11(12)13(14)10-7-8-15-16-9-10/h3-9,13H,2,14H2,1H3. The van der Waals surface area contributed by atoms with Crippen molar-refractivity contribution >= 4 is 0 Å². The summed E-state index contributed by atoms with van der Waals surface area (Å²) in [7, 11) is 0. The fourth-order valence-corrected chi connectivity index (χ4v) is 1.69. The molecule has 4 nitrogen and oxygen atoms in total. The first-order chi connectivity index (χ1) is 8.33. The van der Waals surface area contributed by atoms with Crippen LogP contribution in [0, 0.1) is 0 Å². The highest BCUT2D eigenvalue weighted by Crippen LogP contribution is 2.27. The minimum absolute atomic E-state index is 0.242. The number of hydrogen-bond donors (Lipinski definition) is 1. The average molecular weight is 229 g/mol. The second kappa shape index (κ2) is 5.41. The fourth-order valence-electron chi connectivity index (χ4n) is 1.69. The van der Waals surface area contributed by atoms with E-state index in [9.17, 15) is 0 Å². The molecule has 0 saturated heterocycles. The van der Waals surface area contributed by atoms with Gasteiger partial charge in [-0.15, -0.1) is 0 Å². The third-order valence-electron chi connectivity index (χ3n) is 2.52. The molecule has 2 rings (SSSR count). The summed E-state index contributed by atoms with van der Waals surface area (Å²) in [4.78, 5) is 0. The Morgan fingerprint density at radius 1 is 1.24 bits per heavy atom. The van der Waals surface area contributed by atoms with Gasteiger partial charge in [0.25, 0.3) is 0 Å². The van der Waals surface area contributed by atoms with Gasteiger partial charge in [-0.05, 0) is 24.6 Å². The summed E-state index contributed by atoms with van der Waals surface area (Å²) >= 11 is 0. The lowest BCUT2D eigenvalue weighted by atomic mass is 10.0. The molecule has 1 atom stereocenters. The normalized spacial score (nSPS) is 12.1. The van der Waals surface area contributed by atoms with Gasteiger partial charge in [-0.3, -0.25) is 0 Å². The number of ether oxygens (including phenoxy) is 1. The molecule has 0 aliphatic heterocycles. The van der Waals surface area contributed by atoms with Crippen LogP contribution in [0.25, 0.3) is 0 Å². The van der Waals surface area contributed by atoms with E-state index in [1.54, 1.807) is 12.4 Å². The number of hydrogen-bond acceptors (Lipinski definition) is 4. The first-order valence-corrected chi connectivity index (χ1v) is 5.57. The molecule has 1 heterocycles. The van der Waals surface area contributed by atoms with Crippen LogP contribution in [0.3, 0.4) is 0 Å². The first kappa shape index (κ1) is 11.5. The van der Waals surface area contributed by atoms with Gasteiger partial charge >= 0.3 is 0 Å². The molecule has 0 fully saturated rings. The van der Waals surface area contributed by atoms with Crippen LogP contribution in [0.15, 0.2) is 42.7 Å². The molecule has 1 unspecified atom stereocenters. The lowest BCUT2D eigenvalue weighted by Gasteiger charge is -2.16. The van der Waals surface area contributed by atoms with E-state index in [1.165, 1.54) is 0 Å². The fraction of sp³-hybridized carbons (Fsp3) is 0.231. The van der Waals surface area contributed by atoms with Crippen molar-refractivity contribution < 1.29 is 4.74 Å². The number of para-hydroxylation sites is 1. The maximum Gasteiger partial charge on any atom is 0.124 e.